The molecule has 5 nitrogen and oxygen atoms in total. The van der Waals surface area contributed by atoms with Crippen LogP contribution >= 0.6 is 12.2 Å². The van der Waals surface area contributed by atoms with Gasteiger partial charge < -0.3 is 9.72 Å². The Hall–Kier alpha value is -2.08. The number of rotatable bonds is 1. The number of hydrogen-bond donors (Lipinski definition) is 1. The van der Waals surface area contributed by atoms with E-state index >= 15 is 0 Å². The molecule has 0 radical (unpaired) electrons. The summed E-state index contributed by atoms with van der Waals surface area (Å²) in [6, 6.07) is 8.21. The highest BCUT2D eigenvalue weighted by atomic mass is 32.1. The van der Waals surface area contributed by atoms with Gasteiger partial charge in [-0.05, 0) is 25.2 Å². The topological polar surface area (TPSA) is 47.8 Å². The molecule has 1 atom stereocenters. The summed E-state index contributed by atoms with van der Waals surface area (Å²) in [5, 5.41) is 4.46. The first-order chi connectivity index (χ1) is 9.66. The Morgan fingerprint density at radius 1 is 1.40 bits per heavy atom. The van der Waals surface area contributed by atoms with Gasteiger partial charge in [-0.15, -0.1) is 0 Å². The minimum absolute atomic E-state index is 0.0993. The van der Waals surface area contributed by atoms with E-state index in [-0.39, 0.29) is 6.04 Å². The molecule has 4 rings (SSSR count). The minimum atomic E-state index is 0.0993. The van der Waals surface area contributed by atoms with Crippen LogP contribution in [0.5, 0.6) is 5.75 Å². The molecule has 0 bridgehead atoms. The summed E-state index contributed by atoms with van der Waals surface area (Å²) in [7, 11) is 1.94. The normalized spacial score (nSPS) is 17.4. The Bertz CT molecular complexity index is 873. The molecule has 2 aromatic heterocycles. The molecule has 1 aromatic carbocycles. The van der Waals surface area contributed by atoms with Crippen molar-refractivity contribution in [3.63, 3.8) is 0 Å². The van der Waals surface area contributed by atoms with Gasteiger partial charge in [-0.3, -0.25) is 9.25 Å². The van der Waals surface area contributed by atoms with Gasteiger partial charge in [0.05, 0.1) is 5.69 Å². The fourth-order valence-electron chi connectivity index (χ4n) is 2.98. The quantitative estimate of drug-likeness (QED) is 0.700. The Labute approximate surface area is 120 Å². The van der Waals surface area contributed by atoms with Crippen LogP contribution in [0.25, 0.3) is 11.2 Å². The molecule has 1 aliphatic heterocycles. The monoisotopic (exact) mass is 286 g/mol. The zero-order valence-electron chi connectivity index (χ0n) is 11.3. The van der Waals surface area contributed by atoms with Crippen molar-refractivity contribution in [2.75, 3.05) is 6.61 Å². The lowest BCUT2D eigenvalue weighted by Crippen LogP contribution is -2.14. The number of aromatic nitrogens is 4. The molecule has 102 valence electrons. The second-order valence-electron chi connectivity index (χ2n) is 5.07. The number of ether oxygens (including phenoxy) is 1. The zero-order chi connectivity index (χ0) is 13.9. The second-order valence-corrected chi connectivity index (χ2v) is 5.46. The third-order valence-corrected chi connectivity index (χ3v) is 4.16. The van der Waals surface area contributed by atoms with Crippen LogP contribution < -0.4 is 4.74 Å². The molecule has 3 aromatic rings. The molecule has 0 saturated heterocycles. The van der Waals surface area contributed by atoms with Crippen LogP contribution in [0, 0.1) is 11.7 Å². The molecule has 0 saturated carbocycles. The summed E-state index contributed by atoms with van der Waals surface area (Å²) in [5.41, 5.74) is 4.14. The highest BCUT2D eigenvalue weighted by Gasteiger charge is 2.28. The number of aryl methyl sites for hydroxylation is 2. The number of fused-ring (bicyclic) bond motifs is 2. The van der Waals surface area contributed by atoms with Gasteiger partial charge in [0.15, 0.2) is 10.4 Å². The van der Waals surface area contributed by atoms with Crippen molar-refractivity contribution in [1.82, 2.24) is 19.3 Å². The number of para-hydroxylation sites is 1. The summed E-state index contributed by atoms with van der Waals surface area (Å²) >= 11 is 5.50. The Morgan fingerprint density at radius 3 is 3.05 bits per heavy atom. The molecule has 1 unspecified atom stereocenters. The van der Waals surface area contributed by atoms with Crippen LogP contribution in [0.3, 0.4) is 0 Å². The summed E-state index contributed by atoms with van der Waals surface area (Å²) in [4.78, 5) is 3.26. The van der Waals surface area contributed by atoms with Crippen molar-refractivity contribution in [1.29, 1.82) is 0 Å². The van der Waals surface area contributed by atoms with Crippen LogP contribution in [0.4, 0.5) is 0 Å². The third kappa shape index (κ3) is 1.42. The van der Waals surface area contributed by atoms with Gasteiger partial charge in [0.25, 0.3) is 0 Å². The van der Waals surface area contributed by atoms with Crippen molar-refractivity contribution in [3.8, 4) is 5.75 Å². The van der Waals surface area contributed by atoms with E-state index in [9.17, 15) is 0 Å². The average molecular weight is 286 g/mol. The van der Waals surface area contributed by atoms with Crippen molar-refractivity contribution in [2.24, 2.45) is 7.05 Å². The molecule has 1 N–H and O–H groups in total. The van der Waals surface area contributed by atoms with E-state index < -0.39 is 0 Å². The average Bonchev–Trinajstić information content (AvgIpc) is 3.06. The van der Waals surface area contributed by atoms with Crippen LogP contribution in [0.15, 0.2) is 24.3 Å². The number of imidazole rings is 1. The summed E-state index contributed by atoms with van der Waals surface area (Å²) < 4.78 is 10.5. The molecule has 1 aliphatic rings. The predicted molar refractivity (Wildman–Crippen MR) is 78.7 cm³/mol. The summed E-state index contributed by atoms with van der Waals surface area (Å²) in [6.07, 6.45) is 0. The smallest absolute Gasteiger partial charge is 0.180 e. The van der Waals surface area contributed by atoms with E-state index in [0.717, 1.165) is 22.6 Å². The molecule has 20 heavy (non-hydrogen) atoms. The predicted octanol–water partition coefficient (Wildman–Crippen LogP) is 2.72. The number of aromatic amines is 1. The second kappa shape index (κ2) is 3.96. The largest absolute Gasteiger partial charge is 0.491 e. The molecule has 0 aliphatic carbocycles. The Balaban J connectivity index is 2.01. The van der Waals surface area contributed by atoms with Gasteiger partial charge in [0.2, 0.25) is 0 Å². The first-order valence-electron chi connectivity index (χ1n) is 6.52. The SMILES string of the molecule is Cc1nn(C)c2c1[nH]c(=S)n2C1COc2ccccc21. The molecule has 3 heterocycles. The van der Waals surface area contributed by atoms with Crippen molar-refractivity contribution >= 4 is 23.4 Å². The number of H-pyrrole nitrogens is 1. The number of hydrogen-bond acceptors (Lipinski definition) is 3. The van der Waals surface area contributed by atoms with Gasteiger partial charge in [-0.25, -0.2) is 0 Å². The zero-order valence-corrected chi connectivity index (χ0v) is 12.1. The van der Waals surface area contributed by atoms with Crippen LogP contribution in [0.2, 0.25) is 0 Å². The number of nitrogens with one attached hydrogen (secondary N) is 1. The highest BCUT2D eigenvalue weighted by molar-refractivity contribution is 7.71. The maximum absolute atomic E-state index is 5.77. The lowest BCUT2D eigenvalue weighted by Gasteiger charge is -2.12. The van der Waals surface area contributed by atoms with E-state index in [1.54, 1.807) is 0 Å². The maximum atomic E-state index is 5.77. The summed E-state index contributed by atoms with van der Waals surface area (Å²) in [6.45, 7) is 2.59. The lowest BCUT2D eigenvalue weighted by atomic mass is 10.1. The highest BCUT2D eigenvalue weighted by Crippen LogP contribution is 2.36. The van der Waals surface area contributed by atoms with Crippen LogP contribution in [-0.2, 0) is 7.05 Å². The molecular weight excluding hydrogens is 272 g/mol. The van der Waals surface area contributed by atoms with E-state index in [4.69, 9.17) is 17.0 Å². The van der Waals surface area contributed by atoms with Gasteiger partial charge in [0.1, 0.15) is 23.9 Å². The standard InChI is InChI=1S/C14H14N4OS/c1-8-12-13(17(2)16-8)18(14(20)15-12)10-7-19-11-6-4-3-5-9(10)11/h3-6,10H,7H2,1-2H3,(H,15,20). The fourth-order valence-corrected chi connectivity index (χ4v) is 3.30. The van der Waals surface area contributed by atoms with Gasteiger partial charge >= 0.3 is 0 Å². The molecule has 0 spiro atoms. The summed E-state index contributed by atoms with van der Waals surface area (Å²) in [5.74, 6) is 0.938. The third-order valence-electron chi connectivity index (χ3n) is 3.86. The molecule has 6 heteroatoms. The molecule has 0 fully saturated rings. The Morgan fingerprint density at radius 2 is 2.20 bits per heavy atom. The number of benzene rings is 1. The minimum Gasteiger partial charge on any atom is -0.491 e. The van der Waals surface area contributed by atoms with Crippen LogP contribution in [0.1, 0.15) is 17.3 Å². The van der Waals surface area contributed by atoms with Crippen LogP contribution in [-0.4, -0.2) is 25.9 Å². The van der Waals surface area contributed by atoms with Crippen molar-refractivity contribution < 1.29 is 4.74 Å². The Kier molecular flexibility index (Phi) is 2.32. The van der Waals surface area contributed by atoms with E-state index in [0.29, 0.717) is 11.4 Å². The van der Waals surface area contributed by atoms with E-state index in [1.807, 2.05) is 36.9 Å². The first-order valence-corrected chi connectivity index (χ1v) is 6.93. The van der Waals surface area contributed by atoms with Crippen molar-refractivity contribution in [3.05, 3.63) is 40.3 Å². The first kappa shape index (κ1) is 11.7. The van der Waals surface area contributed by atoms with E-state index in [2.05, 4.69) is 20.7 Å². The molecular formula is C14H14N4OS. The lowest BCUT2D eigenvalue weighted by molar-refractivity contribution is 0.317. The fraction of sp³-hybridized carbons (Fsp3) is 0.286. The van der Waals surface area contributed by atoms with Gasteiger partial charge in [0, 0.05) is 12.6 Å². The van der Waals surface area contributed by atoms with Crippen molar-refractivity contribution in [2.45, 2.75) is 13.0 Å². The van der Waals surface area contributed by atoms with Gasteiger partial charge in [-0.1, -0.05) is 18.2 Å². The van der Waals surface area contributed by atoms with E-state index in [1.165, 1.54) is 5.56 Å². The maximum Gasteiger partial charge on any atom is 0.180 e. The number of nitrogens with zero attached hydrogens (tertiary/aromatic N) is 3. The van der Waals surface area contributed by atoms with Gasteiger partial charge in [-0.2, -0.15) is 5.10 Å². The molecule has 0 amide bonds.